The second-order valence-electron chi connectivity index (χ2n) is 7.39. The monoisotopic (exact) mass is 421 g/mol. The Bertz CT molecular complexity index is 993. The number of hydrogen-bond acceptors (Lipinski definition) is 7. The third-order valence-corrected chi connectivity index (χ3v) is 5.32. The minimum Gasteiger partial charge on any atom is -0.494 e. The first kappa shape index (κ1) is 20.8. The van der Waals surface area contributed by atoms with Gasteiger partial charge in [0, 0.05) is 44.4 Å². The molecule has 1 amide bonds. The highest BCUT2D eigenvalue weighted by Gasteiger charge is 2.22. The van der Waals surface area contributed by atoms with Crippen LogP contribution >= 0.6 is 0 Å². The van der Waals surface area contributed by atoms with Crippen molar-refractivity contribution < 1.29 is 14.1 Å². The van der Waals surface area contributed by atoms with Gasteiger partial charge >= 0.3 is 0 Å². The van der Waals surface area contributed by atoms with Gasteiger partial charge in [-0.3, -0.25) is 4.79 Å². The highest BCUT2D eigenvalue weighted by atomic mass is 16.5. The zero-order valence-corrected chi connectivity index (χ0v) is 18.0. The topological polar surface area (TPSA) is 84.6 Å². The summed E-state index contributed by atoms with van der Waals surface area (Å²) in [5.41, 5.74) is 1.83. The van der Waals surface area contributed by atoms with E-state index in [1.165, 1.54) is 0 Å². The van der Waals surface area contributed by atoms with Crippen molar-refractivity contribution in [3.8, 4) is 17.1 Å². The van der Waals surface area contributed by atoms with Crippen molar-refractivity contribution >= 4 is 11.7 Å². The second-order valence-corrected chi connectivity index (χ2v) is 7.39. The fourth-order valence-corrected chi connectivity index (χ4v) is 3.56. The van der Waals surface area contributed by atoms with Gasteiger partial charge in [-0.2, -0.15) is 4.98 Å². The molecule has 8 heteroatoms. The molecule has 3 aromatic rings. The Morgan fingerprint density at radius 3 is 2.45 bits per heavy atom. The van der Waals surface area contributed by atoms with E-state index in [4.69, 9.17) is 9.26 Å². The van der Waals surface area contributed by atoms with Crippen molar-refractivity contribution in [2.45, 2.75) is 26.7 Å². The molecule has 0 aliphatic carbocycles. The molecule has 0 saturated carbocycles. The van der Waals surface area contributed by atoms with Gasteiger partial charge < -0.3 is 19.1 Å². The molecule has 162 valence electrons. The van der Waals surface area contributed by atoms with Crippen molar-refractivity contribution in [2.24, 2.45) is 0 Å². The summed E-state index contributed by atoms with van der Waals surface area (Å²) in [5.74, 6) is 3.04. The van der Waals surface area contributed by atoms with E-state index in [2.05, 4.69) is 20.0 Å². The molecule has 1 saturated heterocycles. The van der Waals surface area contributed by atoms with Crippen LogP contribution in [0.4, 0.5) is 5.82 Å². The zero-order chi connectivity index (χ0) is 21.6. The summed E-state index contributed by atoms with van der Waals surface area (Å²) in [6.45, 7) is 7.44. The van der Waals surface area contributed by atoms with Crippen LogP contribution in [-0.2, 0) is 17.6 Å². The maximum atomic E-state index is 12.7. The quantitative estimate of drug-likeness (QED) is 0.580. The van der Waals surface area contributed by atoms with Crippen molar-refractivity contribution in [3.63, 3.8) is 0 Å². The van der Waals surface area contributed by atoms with Crippen LogP contribution in [0.15, 0.2) is 47.1 Å². The van der Waals surface area contributed by atoms with Crippen LogP contribution in [0.2, 0.25) is 0 Å². The molecule has 31 heavy (non-hydrogen) atoms. The maximum Gasteiger partial charge on any atom is 0.227 e. The van der Waals surface area contributed by atoms with E-state index in [1.54, 1.807) is 6.20 Å². The zero-order valence-electron chi connectivity index (χ0n) is 18.0. The standard InChI is InChI=1S/C23H27N5O3/c1-3-21-25-23(26-31-21)18-7-10-20(24-16-18)27-11-13-28(14-12-27)22(29)15-17-5-8-19(9-6-17)30-4-2/h5-10,16H,3-4,11-15H2,1-2H3. The molecule has 1 fully saturated rings. The highest BCUT2D eigenvalue weighted by molar-refractivity contribution is 5.79. The number of carbonyl (C=O) groups is 1. The molecule has 0 N–H and O–H groups in total. The fraction of sp³-hybridized carbons (Fsp3) is 0.391. The number of aromatic nitrogens is 3. The van der Waals surface area contributed by atoms with Crippen LogP contribution in [0.3, 0.4) is 0 Å². The van der Waals surface area contributed by atoms with Crippen LogP contribution in [-0.4, -0.2) is 58.7 Å². The Morgan fingerprint density at radius 2 is 1.84 bits per heavy atom. The van der Waals surface area contributed by atoms with E-state index in [0.29, 0.717) is 44.3 Å². The highest BCUT2D eigenvalue weighted by Crippen LogP contribution is 2.20. The minimum atomic E-state index is 0.149. The molecule has 3 heterocycles. The molecule has 0 atom stereocenters. The molecule has 2 aromatic heterocycles. The minimum absolute atomic E-state index is 0.149. The lowest BCUT2D eigenvalue weighted by atomic mass is 10.1. The molecule has 4 rings (SSSR count). The van der Waals surface area contributed by atoms with E-state index >= 15 is 0 Å². The third kappa shape index (κ3) is 5.02. The second kappa shape index (κ2) is 9.59. The SMILES string of the molecule is CCOc1ccc(CC(=O)N2CCN(c3ccc(-c4noc(CC)n4)cn3)CC2)cc1. The predicted molar refractivity (Wildman–Crippen MR) is 117 cm³/mol. The molecular weight excluding hydrogens is 394 g/mol. The number of hydrogen-bond donors (Lipinski definition) is 0. The molecule has 0 spiro atoms. The summed E-state index contributed by atoms with van der Waals surface area (Å²) in [4.78, 5) is 25.7. The van der Waals surface area contributed by atoms with Crippen LogP contribution in [0.5, 0.6) is 5.75 Å². The van der Waals surface area contributed by atoms with E-state index in [1.807, 2.05) is 55.1 Å². The summed E-state index contributed by atoms with van der Waals surface area (Å²) in [7, 11) is 0. The largest absolute Gasteiger partial charge is 0.494 e. The van der Waals surface area contributed by atoms with Gasteiger partial charge in [0.1, 0.15) is 11.6 Å². The number of benzene rings is 1. The number of amides is 1. The molecule has 0 radical (unpaired) electrons. The van der Waals surface area contributed by atoms with Crippen molar-refractivity contribution in [1.29, 1.82) is 0 Å². The summed E-state index contributed by atoms with van der Waals surface area (Å²) in [5, 5.41) is 3.99. The Morgan fingerprint density at radius 1 is 1.06 bits per heavy atom. The van der Waals surface area contributed by atoms with Crippen molar-refractivity contribution in [3.05, 3.63) is 54.0 Å². The lowest BCUT2D eigenvalue weighted by Crippen LogP contribution is -2.49. The van der Waals surface area contributed by atoms with Crippen molar-refractivity contribution in [2.75, 3.05) is 37.7 Å². The smallest absolute Gasteiger partial charge is 0.227 e. The van der Waals surface area contributed by atoms with E-state index in [0.717, 1.165) is 35.8 Å². The van der Waals surface area contributed by atoms with Gasteiger partial charge in [0.25, 0.3) is 0 Å². The van der Waals surface area contributed by atoms with Crippen LogP contribution in [0, 0.1) is 0 Å². The van der Waals surface area contributed by atoms with E-state index in [9.17, 15) is 4.79 Å². The van der Waals surface area contributed by atoms with Gasteiger partial charge in [-0.1, -0.05) is 24.2 Å². The van der Waals surface area contributed by atoms with Gasteiger partial charge in [-0.05, 0) is 36.8 Å². The van der Waals surface area contributed by atoms with Gasteiger partial charge in [0.15, 0.2) is 0 Å². The molecule has 1 aliphatic heterocycles. The summed E-state index contributed by atoms with van der Waals surface area (Å²) in [6, 6.07) is 11.7. The Balaban J connectivity index is 1.30. The number of carbonyl (C=O) groups excluding carboxylic acids is 1. The molecule has 8 nitrogen and oxygen atoms in total. The van der Waals surface area contributed by atoms with Crippen LogP contribution in [0.1, 0.15) is 25.3 Å². The Kier molecular flexibility index (Phi) is 6.45. The maximum absolute atomic E-state index is 12.7. The number of ether oxygens (including phenoxy) is 1. The Hall–Kier alpha value is -3.42. The molecule has 0 bridgehead atoms. The average Bonchev–Trinajstić information content (AvgIpc) is 3.30. The molecule has 1 aliphatic rings. The number of anilines is 1. The van der Waals surface area contributed by atoms with E-state index < -0.39 is 0 Å². The average molecular weight is 422 g/mol. The lowest BCUT2D eigenvalue weighted by Gasteiger charge is -2.35. The lowest BCUT2D eigenvalue weighted by molar-refractivity contribution is -0.130. The van der Waals surface area contributed by atoms with Crippen LogP contribution in [0.25, 0.3) is 11.4 Å². The molecule has 1 aromatic carbocycles. The summed E-state index contributed by atoms with van der Waals surface area (Å²) < 4.78 is 10.6. The van der Waals surface area contributed by atoms with Gasteiger partial charge in [0.2, 0.25) is 17.6 Å². The number of rotatable bonds is 7. The Labute approximate surface area is 181 Å². The summed E-state index contributed by atoms with van der Waals surface area (Å²) in [6.07, 6.45) is 2.88. The van der Waals surface area contributed by atoms with E-state index in [-0.39, 0.29) is 5.91 Å². The first-order valence-corrected chi connectivity index (χ1v) is 10.7. The predicted octanol–water partition coefficient (Wildman–Crippen LogP) is 2.98. The number of nitrogens with zero attached hydrogens (tertiary/aromatic N) is 5. The first-order chi connectivity index (χ1) is 15.2. The first-order valence-electron chi connectivity index (χ1n) is 10.7. The third-order valence-electron chi connectivity index (χ3n) is 5.32. The van der Waals surface area contributed by atoms with Gasteiger partial charge in [-0.15, -0.1) is 0 Å². The number of aryl methyl sites for hydroxylation is 1. The van der Waals surface area contributed by atoms with Gasteiger partial charge in [0.05, 0.1) is 13.0 Å². The number of pyridine rings is 1. The summed E-state index contributed by atoms with van der Waals surface area (Å²) >= 11 is 0. The fourth-order valence-electron chi connectivity index (χ4n) is 3.56. The van der Waals surface area contributed by atoms with Gasteiger partial charge in [-0.25, -0.2) is 4.98 Å². The normalized spacial score (nSPS) is 14.0. The molecular formula is C23H27N5O3. The number of piperazine rings is 1. The van der Waals surface area contributed by atoms with Crippen molar-refractivity contribution in [1.82, 2.24) is 20.0 Å². The van der Waals surface area contributed by atoms with Crippen LogP contribution < -0.4 is 9.64 Å². The molecule has 0 unspecified atom stereocenters.